The number of hydrogen-bond donors (Lipinski definition) is 3. The Labute approximate surface area is 263 Å². The zero-order valence-electron chi connectivity index (χ0n) is 26.0. The standard InChI is InChI=1S/C35H41N3O7/c1-35(2,3)45-33(41)37-20-11-18-30(32(40)36-21-19-31(39)43-22-24-12-5-4-6-13-24)38-34(42)44-23-29-27-16-9-7-14-25(27)26-15-8-10-17-28(26)29/h4-10,12-17,29-30H,11,18-23H2,1-3H3,(H,36,40)(H,37,41)(H,38,42)/t30-/m0/s1. The van der Waals surface area contributed by atoms with Crippen molar-refractivity contribution < 1.29 is 33.4 Å². The van der Waals surface area contributed by atoms with Crippen molar-refractivity contribution in [2.75, 3.05) is 19.7 Å². The fraction of sp³-hybridized carbons (Fsp3) is 0.371. The van der Waals surface area contributed by atoms with Gasteiger partial charge in [-0.25, -0.2) is 9.59 Å². The monoisotopic (exact) mass is 615 g/mol. The van der Waals surface area contributed by atoms with Gasteiger partial charge in [0.1, 0.15) is 24.9 Å². The third kappa shape index (κ3) is 10.1. The molecule has 0 spiro atoms. The van der Waals surface area contributed by atoms with Gasteiger partial charge in [-0.15, -0.1) is 0 Å². The van der Waals surface area contributed by atoms with Gasteiger partial charge in [0, 0.05) is 19.0 Å². The molecular formula is C35H41N3O7. The van der Waals surface area contributed by atoms with Gasteiger partial charge in [-0.2, -0.15) is 0 Å². The van der Waals surface area contributed by atoms with E-state index in [1.807, 2.05) is 66.7 Å². The average Bonchev–Trinajstić information content (AvgIpc) is 3.33. The number of nitrogens with one attached hydrogen (secondary N) is 3. The van der Waals surface area contributed by atoms with Gasteiger partial charge in [0.05, 0.1) is 6.42 Å². The van der Waals surface area contributed by atoms with Crippen LogP contribution in [0.25, 0.3) is 11.1 Å². The van der Waals surface area contributed by atoms with Crippen LogP contribution in [-0.4, -0.2) is 55.4 Å². The largest absolute Gasteiger partial charge is 0.461 e. The molecule has 1 aliphatic rings. The number of fused-ring (bicyclic) bond motifs is 3. The molecule has 0 saturated heterocycles. The molecule has 0 saturated carbocycles. The van der Waals surface area contributed by atoms with Crippen LogP contribution >= 0.6 is 0 Å². The first-order valence-corrected chi connectivity index (χ1v) is 15.2. The van der Waals surface area contributed by atoms with Crippen molar-refractivity contribution in [3.63, 3.8) is 0 Å². The Hall–Kier alpha value is -4.86. The second-order valence-corrected chi connectivity index (χ2v) is 11.8. The third-order valence-electron chi connectivity index (χ3n) is 7.16. The molecule has 0 radical (unpaired) electrons. The fourth-order valence-electron chi connectivity index (χ4n) is 5.08. The Morgan fingerprint density at radius 3 is 2.02 bits per heavy atom. The number of alkyl carbamates (subject to hydrolysis) is 2. The fourth-order valence-corrected chi connectivity index (χ4v) is 5.08. The van der Waals surface area contributed by atoms with Crippen LogP contribution in [-0.2, 0) is 30.4 Å². The number of carbonyl (C=O) groups is 4. The van der Waals surface area contributed by atoms with Crippen LogP contribution in [0, 0.1) is 0 Å². The number of carbonyl (C=O) groups excluding carboxylic acids is 4. The molecule has 3 aromatic carbocycles. The lowest BCUT2D eigenvalue weighted by atomic mass is 9.98. The van der Waals surface area contributed by atoms with Gasteiger partial charge in [-0.05, 0) is 61.4 Å². The number of rotatable bonds is 13. The smallest absolute Gasteiger partial charge is 0.407 e. The average molecular weight is 616 g/mol. The van der Waals surface area contributed by atoms with E-state index >= 15 is 0 Å². The molecule has 45 heavy (non-hydrogen) atoms. The molecular weight excluding hydrogens is 574 g/mol. The van der Waals surface area contributed by atoms with Crippen LogP contribution in [0.15, 0.2) is 78.9 Å². The molecule has 10 heteroatoms. The third-order valence-corrected chi connectivity index (χ3v) is 7.16. The molecule has 0 unspecified atom stereocenters. The lowest BCUT2D eigenvalue weighted by molar-refractivity contribution is -0.144. The molecule has 0 aromatic heterocycles. The normalized spacial score (nSPS) is 12.7. The number of benzene rings is 3. The van der Waals surface area contributed by atoms with Crippen molar-refractivity contribution in [2.24, 2.45) is 0 Å². The number of esters is 1. The molecule has 1 atom stereocenters. The zero-order valence-corrected chi connectivity index (χ0v) is 26.0. The van der Waals surface area contributed by atoms with E-state index in [1.165, 1.54) is 0 Å². The predicted molar refractivity (Wildman–Crippen MR) is 169 cm³/mol. The van der Waals surface area contributed by atoms with Gasteiger partial charge in [0.2, 0.25) is 5.91 Å². The Morgan fingerprint density at radius 1 is 0.756 bits per heavy atom. The van der Waals surface area contributed by atoms with E-state index in [0.717, 1.165) is 27.8 Å². The molecule has 0 heterocycles. The van der Waals surface area contributed by atoms with E-state index in [4.69, 9.17) is 14.2 Å². The highest BCUT2D eigenvalue weighted by Crippen LogP contribution is 2.44. The summed E-state index contributed by atoms with van der Waals surface area (Å²) in [5, 5.41) is 8.02. The van der Waals surface area contributed by atoms with E-state index in [-0.39, 0.29) is 45.1 Å². The lowest BCUT2D eigenvalue weighted by Crippen LogP contribution is -2.47. The van der Waals surface area contributed by atoms with Crippen molar-refractivity contribution in [2.45, 2.75) is 64.2 Å². The number of ether oxygens (including phenoxy) is 3. The number of amides is 3. The minimum atomic E-state index is -0.957. The summed E-state index contributed by atoms with van der Waals surface area (Å²) in [4.78, 5) is 50.3. The van der Waals surface area contributed by atoms with Crippen molar-refractivity contribution in [1.29, 1.82) is 0 Å². The maximum absolute atomic E-state index is 13.1. The van der Waals surface area contributed by atoms with Crippen LogP contribution in [0.2, 0.25) is 0 Å². The quantitative estimate of drug-likeness (QED) is 0.132. The molecule has 1 aliphatic carbocycles. The van der Waals surface area contributed by atoms with Crippen LogP contribution in [0.4, 0.5) is 9.59 Å². The van der Waals surface area contributed by atoms with E-state index < -0.39 is 35.7 Å². The molecule has 10 nitrogen and oxygen atoms in total. The molecule has 3 N–H and O–H groups in total. The van der Waals surface area contributed by atoms with Crippen molar-refractivity contribution in [3.8, 4) is 11.1 Å². The van der Waals surface area contributed by atoms with Gasteiger partial charge in [0.15, 0.2) is 0 Å². The molecule has 4 rings (SSSR count). The van der Waals surface area contributed by atoms with Crippen molar-refractivity contribution in [3.05, 3.63) is 95.6 Å². The summed E-state index contributed by atoms with van der Waals surface area (Å²) >= 11 is 0. The first-order chi connectivity index (χ1) is 21.6. The highest BCUT2D eigenvalue weighted by Gasteiger charge is 2.30. The second kappa shape index (κ2) is 15.7. The van der Waals surface area contributed by atoms with Gasteiger partial charge < -0.3 is 30.2 Å². The maximum atomic E-state index is 13.1. The van der Waals surface area contributed by atoms with E-state index in [2.05, 4.69) is 28.1 Å². The van der Waals surface area contributed by atoms with Crippen LogP contribution in [0.1, 0.15) is 62.6 Å². The molecule has 0 fully saturated rings. The van der Waals surface area contributed by atoms with Gasteiger partial charge in [-0.1, -0.05) is 78.9 Å². The summed E-state index contributed by atoms with van der Waals surface area (Å²) in [6, 6.07) is 24.4. The molecule has 0 bridgehead atoms. The highest BCUT2D eigenvalue weighted by atomic mass is 16.6. The topological polar surface area (TPSA) is 132 Å². The summed E-state index contributed by atoms with van der Waals surface area (Å²) in [5.74, 6) is -1.06. The highest BCUT2D eigenvalue weighted by molar-refractivity contribution is 5.86. The van der Waals surface area contributed by atoms with Crippen molar-refractivity contribution >= 4 is 24.1 Å². The molecule has 238 valence electrons. The Balaban J connectivity index is 1.30. The summed E-state index contributed by atoms with van der Waals surface area (Å²) in [7, 11) is 0. The molecule has 0 aliphatic heterocycles. The number of hydrogen-bond acceptors (Lipinski definition) is 7. The minimum absolute atomic E-state index is 0.0313. The van der Waals surface area contributed by atoms with E-state index in [1.54, 1.807) is 20.8 Å². The molecule has 3 amide bonds. The van der Waals surface area contributed by atoms with Crippen LogP contribution < -0.4 is 16.0 Å². The Kier molecular flexibility index (Phi) is 11.6. The second-order valence-electron chi connectivity index (χ2n) is 11.8. The van der Waals surface area contributed by atoms with Crippen LogP contribution in [0.3, 0.4) is 0 Å². The summed E-state index contributed by atoms with van der Waals surface area (Å²) in [6.07, 6.45) is -0.748. The summed E-state index contributed by atoms with van der Waals surface area (Å²) < 4.78 is 16.2. The first kappa shape index (κ1) is 33.0. The Morgan fingerprint density at radius 2 is 1.38 bits per heavy atom. The first-order valence-electron chi connectivity index (χ1n) is 15.2. The lowest BCUT2D eigenvalue weighted by Gasteiger charge is -2.21. The SMILES string of the molecule is CC(C)(C)OC(=O)NCCC[C@H](NC(=O)OCC1c2ccccc2-c2ccccc21)C(=O)NCCC(=O)OCc1ccccc1. The van der Waals surface area contributed by atoms with E-state index in [0.29, 0.717) is 6.42 Å². The maximum Gasteiger partial charge on any atom is 0.407 e. The van der Waals surface area contributed by atoms with Gasteiger partial charge >= 0.3 is 18.2 Å². The summed E-state index contributed by atoms with van der Waals surface area (Å²) in [5.41, 5.74) is 4.60. The van der Waals surface area contributed by atoms with Crippen molar-refractivity contribution in [1.82, 2.24) is 16.0 Å². The predicted octanol–water partition coefficient (Wildman–Crippen LogP) is 5.45. The molecule has 3 aromatic rings. The van der Waals surface area contributed by atoms with E-state index in [9.17, 15) is 19.2 Å². The van der Waals surface area contributed by atoms with Gasteiger partial charge in [-0.3, -0.25) is 9.59 Å². The minimum Gasteiger partial charge on any atom is -0.461 e. The Bertz CT molecular complexity index is 1420. The van der Waals surface area contributed by atoms with Crippen LogP contribution in [0.5, 0.6) is 0 Å². The van der Waals surface area contributed by atoms with Gasteiger partial charge in [0.25, 0.3) is 0 Å². The summed E-state index contributed by atoms with van der Waals surface area (Å²) in [6.45, 7) is 5.81. The zero-order chi connectivity index (χ0) is 32.2.